The normalized spacial score (nSPS) is 12.2. The van der Waals surface area contributed by atoms with Crippen LogP contribution in [0.25, 0.3) is 0 Å². The number of aliphatic hydroxyl groups excluding tert-OH is 1. The number of hydrogen-bond donors (Lipinski definition) is 3. The van der Waals surface area contributed by atoms with Gasteiger partial charge in [-0.05, 0) is 38.5 Å². The number of aliphatic hydroxyl groups is 1. The fourth-order valence-electron chi connectivity index (χ4n) is 2.24. The largest absolute Gasteiger partial charge is 0.466 e. The monoisotopic (exact) mass is 288 g/mol. The van der Waals surface area contributed by atoms with Crippen LogP contribution in [0.4, 0.5) is 5.69 Å². The van der Waals surface area contributed by atoms with Crippen molar-refractivity contribution >= 4 is 11.6 Å². The Labute approximate surface area is 123 Å². The van der Waals surface area contributed by atoms with E-state index < -0.39 is 6.10 Å². The van der Waals surface area contributed by atoms with Gasteiger partial charge < -0.3 is 20.6 Å². The molecule has 1 aromatic carbocycles. The SMILES string of the molecule is Cc1oc(C)c(C(=O)NCC(O)c2ccc(N)cc2)c1C. The molecule has 1 heterocycles. The highest BCUT2D eigenvalue weighted by Crippen LogP contribution is 2.21. The van der Waals surface area contributed by atoms with Crippen molar-refractivity contribution < 1.29 is 14.3 Å². The lowest BCUT2D eigenvalue weighted by atomic mass is 10.1. The highest BCUT2D eigenvalue weighted by Gasteiger charge is 2.19. The number of hydrogen-bond acceptors (Lipinski definition) is 4. The minimum Gasteiger partial charge on any atom is -0.466 e. The molecule has 4 N–H and O–H groups in total. The third kappa shape index (κ3) is 3.25. The first kappa shape index (κ1) is 15.1. The fraction of sp³-hybridized carbons (Fsp3) is 0.312. The van der Waals surface area contributed by atoms with Gasteiger partial charge in [-0.2, -0.15) is 0 Å². The molecular formula is C16H20N2O3. The summed E-state index contributed by atoms with van der Waals surface area (Å²) in [5.74, 6) is 1.08. The van der Waals surface area contributed by atoms with E-state index in [4.69, 9.17) is 10.2 Å². The van der Waals surface area contributed by atoms with Gasteiger partial charge in [-0.1, -0.05) is 12.1 Å². The van der Waals surface area contributed by atoms with Gasteiger partial charge in [-0.15, -0.1) is 0 Å². The molecule has 2 rings (SSSR count). The lowest BCUT2D eigenvalue weighted by molar-refractivity contribution is 0.0914. The lowest BCUT2D eigenvalue weighted by Crippen LogP contribution is -2.29. The minimum absolute atomic E-state index is 0.131. The molecule has 0 aliphatic carbocycles. The summed E-state index contributed by atoms with van der Waals surface area (Å²) in [5.41, 5.74) is 8.31. The van der Waals surface area contributed by atoms with Crippen LogP contribution in [0, 0.1) is 20.8 Å². The van der Waals surface area contributed by atoms with Crippen LogP contribution < -0.4 is 11.1 Å². The van der Waals surface area contributed by atoms with E-state index in [-0.39, 0.29) is 12.5 Å². The number of amides is 1. The first-order chi connectivity index (χ1) is 9.90. The number of carbonyl (C=O) groups is 1. The fourth-order valence-corrected chi connectivity index (χ4v) is 2.24. The molecule has 0 aliphatic heterocycles. The Kier molecular flexibility index (Phi) is 4.33. The molecule has 112 valence electrons. The van der Waals surface area contributed by atoms with E-state index in [1.807, 2.05) is 13.8 Å². The molecule has 0 fully saturated rings. The topological polar surface area (TPSA) is 88.5 Å². The molecule has 0 spiro atoms. The van der Waals surface area contributed by atoms with Crippen molar-refractivity contribution in [2.24, 2.45) is 0 Å². The van der Waals surface area contributed by atoms with Crippen LogP contribution in [-0.4, -0.2) is 17.6 Å². The average molecular weight is 288 g/mol. The maximum atomic E-state index is 12.2. The molecule has 1 unspecified atom stereocenters. The molecule has 0 bridgehead atoms. The first-order valence-corrected chi connectivity index (χ1v) is 6.78. The van der Waals surface area contributed by atoms with Gasteiger partial charge in [0.25, 0.3) is 5.91 Å². The standard InChI is InChI=1S/C16H20N2O3/c1-9-10(2)21-11(3)15(9)16(20)18-8-14(19)12-4-6-13(17)7-5-12/h4-7,14,19H,8,17H2,1-3H3,(H,18,20). The number of nitrogens with two attached hydrogens (primary N) is 1. The van der Waals surface area contributed by atoms with E-state index in [1.165, 1.54) is 0 Å². The Morgan fingerprint density at radius 1 is 1.24 bits per heavy atom. The van der Waals surface area contributed by atoms with Crippen molar-refractivity contribution in [2.75, 3.05) is 12.3 Å². The molecule has 2 aromatic rings. The summed E-state index contributed by atoms with van der Waals surface area (Å²) in [6.07, 6.45) is -0.775. The average Bonchev–Trinajstić information content (AvgIpc) is 2.70. The first-order valence-electron chi connectivity index (χ1n) is 6.78. The Balaban J connectivity index is 2.02. The van der Waals surface area contributed by atoms with Crippen LogP contribution >= 0.6 is 0 Å². The molecule has 0 saturated carbocycles. The smallest absolute Gasteiger partial charge is 0.255 e. The highest BCUT2D eigenvalue weighted by molar-refractivity contribution is 5.96. The molecular weight excluding hydrogens is 268 g/mol. The maximum absolute atomic E-state index is 12.2. The van der Waals surface area contributed by atoms with Gasteiger partial charge >= 0.3 is 0 Å². The molecule has 5 heteroatoms. The Hall–Kier alpha value is -2.27. The molecule has 1 amide bonds. The molecule has 21 heavy (non-hydrogen) atoms. The Bertz CT molecular complexity index is 644. The van der Waals surface area contributed by atoms with E-state index in [0.29, 0.717) is 22.6 Å². The summed E-state index contributed by atoms with van der Waals surface area (Å²) >= 11 is 0. The third-order valence-corrected chi connectivity index (χ3v) is 3.57. The number of benzene rings is 1. The van der Waals surface area contributed by atoms with Gasteiger partial charge in [-0.3, -0.25) is 4.79 Å². The van der Waals surface area contributed by atoms with Crippen molar-refractivity contribution in [3.8, 4) is 0 Å². The minimum atomic E-state index is -0.775. The maximum Gasteiger partial charge on any atom is 0.255 e. The highest BCUT2D eigenvalue weighted by atomic mass is 16.3. The quantitative estimate of drug-likeness (QED) is 0.753. The lowest BCUT2D eigenvalue weighted by Gasteiger charge is -2.12. The number of rotatable bonds is 4. The zero-order chi connectivity index (χ0) is 15.6. The van der Waals surface area contributed by atoms with Crippen molar-refractivity contribution in [1.29, 1.82) is 0 Å². The van der Waals surface area contributed by atoms with Crippen molar-refractivity contribution in [3.05, 3.63) is 52.5 Å². The van der Waals surface area contributed by atoms with Crippen molar-refractivity contribution in [1.82, 2.24) is 5.32 Å². The summed E-state index contributed by atoms with van der Waals surface area (Å²) in [6.45, 7) is 5.55. The second kappa shape index (κ2) is 6.01. The van der Waals surface area contributed by atoms with Crippen molar-refractivity contribution in [2.45, 2.75) is 26.9 Å². The predicted octanol–water partition coefficient (Wildman–Crippen LogP) is 2.25. The summed E-state index contributed by atoms with van der Waals surface area (Å²) < 4.78 is 5.43. The van der Waals surface area contributed by atoms with Gasteiger partial charge in [0, 0.05) is 17.8 Å². The number of aryl methyl sites for hydroxylation is 2. The van der Waals surface area contributed by atoms with E-state index in [2.05, 4.69) is 5.32 Å². The van der Waals surface area contributed by atoms with Crippen molar-refractivity contribution in [3.63, 3.8) is 0 Å². The van der Waals surface area contributed by atoms with E-state index in [1.54, 1.807) is 31.2 Å². The predicted molar refractivity (Wildman–Crippen MR) is 81.1 cm³/mol. The van der Waals surface area contributed by atoms with Crippen LogP contribution in [0.5, 0.6) is 0 Å². The van der Waals surface area contributed by atoms with E-state index >= 15 is 0 Å². The third-order valence-electron chi connectivity index (χ3n) is 3.57. The second-order valence-corrected chi connectivity index (χ2v) is 5.11. The number of furan rings is 1. The van der Waals surface area contributed by atoms with Gasteiger partial charge in [0.05, 0.1) is 11.7 Å². The van der Waals surface area contributed by atoms with Crippen LogP contribution in [-0.2, 0) is 0 Å². The molecule has 1 aromatic heterocycles. The summed E-state index contributed by atoms with van der Waals surface area (Å²) in [4.78, 5) is 12.2. The molecule has 1 atom stereocenters. The van der Waals surface area contributed by atoms with E-state index in [0.717, 1.165) is 11.3 Å². The van der Waals surface area contributed by atoms with Crippen LogP contribution in [0.1, 0.15) is 39.1 Å². The van der Waals surface area contributed by atoms with Gasteiger partial charge in [0.15, 0.2) is 0 Å². The second-order valence-electron chi connectivity index (χ2n) is 5.11. The van der Waals surface area contributed by atoms with Gasteiger partial charge in [0.2, 0.25) is 0 Å². The number of nitrogens with one attached hydrogen (secondary N) is 1. The van der Waals surface area contributed by atoms with Crippen LogP contribution in [0.15, 0.2) is 28.7 Å². The summed E-state index contributed by atoms with van der Waals surface area (Å²) in [5, 5.41) is 12.8. The molecule has 5 nitrogen and oxygen atoms in total. The van der Waals surface area contributed by atoms with E-state index in [9.17, 15) is 9.90 Å². The Morgan fingerprint density at radius 3 is 2.38 bits per heavy atom. The zero-order valence-electron chi connectivity index (χ0n) is 12.4. The zero-order valence-corrected chi connectivity index (χ0v) is 12.4. The van der Waals surface area contributed by atoms with Gasteiger partial charge in [0.1, 0.15) is 11.5 Å². The molecule has 0 aliphatic rings. The Morgan fingerprint density at radius 2 is 1.86 bits per heavy atom. The summed E-state index contributed by atoms with van der Waals surface area (Å²) in [7, 11) is 0. The van der Waals surface area contributed by atoms with Crippen LogP contribution in [0.2, 0.25) is 0 Å². The molecule has 0 radical (unpaired) electrons. The van der Waals surface area contributed by atoms with Crippen LogP contribution in [0.3, 0.4) is 0 Å². The number of nitrogen functional groups attached to an aromatic ring is 1. The number of carbonyl (C=O) groups excluding carboxylic acids is 1. The number of anilines is 1. The summed E-state index contributed by atoms with van der Waals surface area (Å²) in [6, 6.07) is 6.91. The van der Waals surface area contributed by atoms with Gasteiger partial charge in [-0.25, -0.2) is 0 Å². The molecule has 0 saturated heterocycles.